The lowest BCUT2D eigenvalue weighted by Crippen LogP contribution is -2.38. The Hall–Kier alpha value is -1.01. The quantitative estimate of drug-likeness (QED) is 0.554. The van der Waals surface area contributed by atoms with Crippen LogP contribution in [0.1, 0.15) is 32.6 Å². The smallest absolute Gasteiger partial charge is 0.236 e. The van der Waals surface area contributed by atoms with Crippen LogP contribution in [0, 0.1) is 11.8 Å². The highest BCUT2D eigenvalue weighted by atomic mass is 16.2. The molecule has 84 valence electrons. The Morgan fingerprint density at radius 1 is 1.27 bits per heavy atom. The minimum absolute atomic E-state index is 0.217. The van der Waals surface area contributed by atoms with Crippen molar-refractivity contribution in [2.24, 2.45) is 0 Å². The predicted octanol–water partition coefficient (Wildman–Crippen LogP) is 1.00. The van der Waals surface area contributed by atoms with Crippen LogP contribution in [0.5, 0.6) is 0 Å². The number of carbonyl (C=O) groups is 1. The van der Waals surface area contributed by atoms with Crippen LogP contribution >= 0.6 is 0 Å². The number of nitrogens with one attached hydrogen (secondary N) is 1. The minimum Gasteiger partial charge on any atom is -0.342 e. The van der Waals surface area contributed by atoms with Crippen LogP contribution in [-0.2, 0) is 4.79 Å². The second-order valence-electron chi connectivity index (χ2n) is 3.83. The van der Waals surface area contributed by atoms with E-state index in [1.165, 1.54) is 12.8 Å². The molecule has 0 atom stereocenters. The summed E-state index contributed by atoms with van der Waals surface area (Å²) in [5, 5.41) is 3.04. The SMILES string of the molecule is CC#CCNCC(=O)N1CCCCCC1. The molecule has 1 fully saturated rings. The van der Waals surface area contributed by atoms with Crippen molar-refractivity contribution >= 4 is 5.91 Å². The maximum Gasteiger partial charge on any atom is 0.236 e. The lowest BCUT2D eigenvalue weighted by Gasteiger charge is -2.20. The zero-order chi connectivity index (χ0) is 10.9. The standard InChI is InChI=1S/C12H20N2O/c1-2-3-8-13-11-12(15)14-9-6-4-5-7-10-14/h13H,4-11H2,1H3. The summed E-state index contributed by atoms with van der Waals surface area (Å²) in [4.78, 5) is 13.7. The molecule has 1 saturated heterocycles. The molecular weight excluding hydrogens is 188 g/mol. The van der Waals surface area contributed by atoms with Crippen molar-refractivity contribution < 1.29 is 4.79 Å². The molecule has 1 N–H and O–H groups in total. The summed E-state index contributed by atoms with van der Waals surface area (Å²) in [7, 11) is 0. The van der Waals surface area contributed by atoms with E-state index < -0.39 is 0 Å². The van der Waals surface area contributed by atoms with Crippen LogP contribution in [0.3, 0.4) is 0 Å². The van der Waals surface area contributed by atoms with Crippen LogP contribution in [0.15, 0.2) is 0 Å². The molecule has 0 aliphatic carbocycles. The third kappa shape index (κ3) is 4.85. The van der Waals surface area contributed by atoms with Crippen molar-refractivity contribution in [3.63, 3.8) is 0 Å². The molecule has 3 heteroatoms. The van der Waals surface area contributed by atoms with E-state index in [4.69, 9.17) is 0 Å². The molecule has 1 aliphatic rings. The first kappa shape index (κ1) is 12.1. The number of hydrogen-bond donors (Lipinski definition) is 1. The molecule has 0 bridgehead atoms. The van der Waals surface area contributed by atoms with Crippen molar-refractivity contribution in [1.82, 2.24) is 10.2 Å². The lowest BCUT2D eigenvalue weighted by atomic mass is 10.2. The van der Waals surface area contributed by atoms with Crippen LogP contribution in [0.4, 0.5) is 0 Å². The van der Waals surface area contributed by atoms with Crippen molar-refractivity contribution in [3.8, 4) is 11.8 Å². The van der Waals surface area contributed by atoms with Gasteiger partial charge in [0.1, 0.15) is 0 Å². The van der Waals surface area contributed by atoms with E-state index in [-0.39, 0.29) is 5.91 Å². The van der Waals surface area contributed by atoms with Crippen LogP contribution in [0.2, 0.25) is 0 Å². The lowest BCUT2D eigenvalue weighted by molar-refractivity contribution is -0.130. The average molecular weight is 208 g/mol. The summed E-state index contributed by atoms with van der Waals surface area (Å²) in [6.07, 6.45) is 4.83. The number of nitrogens with zero attached hydrogens (tertiary/aromatic N) is 1. The summed E-state index contributed by atoms with van der Waals surface area (Å²) < 4.78 is 0. The zero-order valence-corrected chi connectivity index (χ0v) is 9.51. The fourth-order valence-electron chi connectivity index (χ4n) is 1.75. The fraction of sp³-hybridized carbons (Fsp3) is 0.750. The second-order valence-corrected chi connectivity index (χ2v) is 3.83. The molecular formula is C12H20N2O. The van der Waals surface area contributed by atoms with Crippen LogP contribution in [0.25, 0.3) is 0 Å². The Balaban J connectivity index is 2.21. The Morgan fingerprint density at radius 3 is 2.53 bits per heavy atom. The number of rotatable bonds is 3. The van der Waals surface area contributed by atoms with Gasteiger partial charge in [-0.2, -0.15) is 0 Å². The molecule has 0 unspecified atom stereocenters. The van der Waals surface area contributed by atoms with E-state index in [9.17, 15) is 4.79 Å². The van der Waals surface area contributed by atoms with Gasteiger partial charge in [0.2, 0.25) is 5.91 Å². The molecule has 1 heterocycles. The third-order valence-electron chi connectivity index (χ3n) is 2.63. The molecule has 1 rings (SSSR count). The van der Waals surface area contributed by atoms with Gasteiger partial charge in [-0.3, -0.25) is 10.1 Å². The van der Waals surface area contributed by atoms with Gasteiger partial charge >= 0.3 is 0 Å². The van der Waals surface area contributed by atoms with Crippen molar-refractivity contribution in [2.45, 2.75) is 32.6 Å². The maximum atomic E-state index is 11.7. The molecule has 1 amide bonds. The molecule has 0 spiro atoms. The summed E-state index contributed by atoms with van der Waals surface area (Å²) in [6, 6.07) is 0. The van der Waals surface area contributed by atoms with Crippen LogP contribution in [-0.4, -0.2) is 37.0 Å². The average Bonchev–Trinajstić information content (AvgIpc) is 2.52. The number of likely N-dealkylation sites (tertiary alicyclic amines) is 1. The van der Waals surface area contributed by atoms with E-state index in [0.717, 1.165) is 25.9 Å². The first-order valence-electron chi connectivity index (χ1n) is 5.72. The molecule has 0 aromatic rings. The summed E-state index contributed by atoms with van der Waals surface area (Å²) in [5.74, 6) is 5.90. The first-order valence-corrected chi connectivity index (χ1v) is 5.72. The van der Waals surface area contributed by atoms with E-state index in [0.29, 0.717) is 13.1 Å². The molecule has 0 radical (unpaired) electrons. The highest BCUT2D eigenvalue weighted by molar-refractivity contribution is 5.78. The third-order valence-corrected chi connectivity index (χ3v) is 2.63. The maximum absolute atomic E-state index is 11.7. The Kier molecular flexibility index (Phi) is 5.87. The Morgan fingerprint density at radius 2 is 1.93 bits per heavy atom. The fourth-order valence-corrected chi connectivity index (χ4v) is 1.75. The topological polar surface area (TPSA) is 32.3 Å². The Bertz CT molecular complexity index is 244. The van der Waals surface area contributed by atoms with E-state index in [1.807, 2.05) is 4.90 Å². The van der Waals surface area contributed by atoms with Gasteiger partial charge in [0.25, 0.3) is 0 Å². The van der Waals surface area contributed by atoms with Gasteiger partial charge in [-0.25, -0.2) is 0 Å². The van der Waals surface area contributed by atoms with Gasteiger partial charge < -0.3 is 4.90 Å². The van der Waals surface area contributed by atoms with Gasteiger partial charge in [0.15, 0.2) is 0 Å². The predicted molar refractivity (Wildman–Crippen MR) is 61.4 cm³/mol. The molecule has 1 aliphatic heterocycles. The van der Waals surface area contributed by atoms with Gasteiger partial charge in [0, 0.05) is 13.1 Å². The van der Waals surface area contributed by atoms with Gasteiger partial charge in [0.05, 0.1) is 13.1 Å². The van der Waals surface area contributed by atoms with Crippen molar-refractivity contribution in [2.75, 3.05) is 26.2 Å². The molecule has 0 aromatic heterocycles. The van der Waals surface area contributed by atoms with E-state index >= 15 is 0 Å². The summed E-state index contributed by atoms with van der Waals surface area (Å²) >= 11 is 0. The number of hydrogen-bond acceptors (Lipinski definition) is 2. The largest absolute Gasteiger partial charge is 0.342 e. The van der Waals surface area contributed by atoms with Gasteiger partial charge in [-0.15, -0.1) is 5.92 Å². The normalized spacial score (nSPS) is 16.5. The monoisotopic (exact) mass is 208 g/mol. The number of amides is 1. The molecule has 0 saturated carbocycles. The second kappa shape index (κ2) is 7.30. The first-order chi connectivity index (χ1) is 7.34. The van der Waals surface area contributed by atoms with E-state index in [1.54, 1.807) is 6.92 Å². The highest BCUT2D eigenvalue weighted by Gasteiger charge is 2.14. The van der Waals surface area contributed by atoms with Crippen molar-refractivity contribution in [3.05, 3.63) is 0 Å². The molecule has 15 heavy (non-hydrogen) atoms. The molecule has 0 aromatic carbocycles. The Labute approximate surface area is 92.2 Å². The number of carbonyl (C=O) groups excluding carboxylic acids is 1. The van der Waals surface area contributed by atoms with Gasteiger partial charge in [-0.05, 0) is 19.8 Å². The molecule has 3 nitrogen and oxygen atoms in total. The zero-order valence-electron chi connectivity index (χ0n) is 9.51. The van der Waals surface area contributed by atoms with E-state index in [2.05, 4.69) is 17.2 Å². The van der Waals surface area contributed by atoms with Crippen LogP contribution < -0.4 is 5.32 Å². The minimum atomic E-state index is 0.217. The highest BCUT2D eigenvalue weighted by Crippen LogP contribution is 2.09. The van der Waals surface area contributed by atoms with Gasteiger partial charge in [-0.1, -0.05) is 18.8 Å². The summed E-state index contributed by atoms with van der Waals surface area (Å²) in [6.45, 7) is 4.70. The summed E-state index contributed by atoms with van der Waals surface area (Å²) in [5.41, 5.74) is 0. The van der Waals surface area contributed by atoms with Crippen molar-refractivity contribution in [1.29, 1.82) is 0 Å².